The highest BCUT2D eigenvalue weighted by Gasteiger charge is 2.07. The van der Waals surface area contributed by atoms with Crippen molar-refractivity contribution in [2.24, 2.45) is 0 Å². The third kappa shape index (κ3) is 6.95. The quantitative estimate of drug-likeness (QED) is 0.823. The van der Waals surface area contributed by atoms with Crippen LogP contribution in [-0.4, -0.2) is 24.2 Å². The second kappa shape index (κ2) is 7.01. The summed E-state index contributed by atoms with van der Waals surface area (Å²) in [5, 5.41) is 8.36. The van der Waals surface area contributed by atoms with Gasteiger partial charge in [0.15, 0.2) is 0 Å². The first-order chi connectivity index (χ1) is 7.27. The van der Waals surface area contributed by atoms with Crippen LogP contribution in [0.15, 0.2) is 33.6 Å². The Morgan fingerprint density at radius 1 is 1.31 bits per heavy atom. The smallest absolute Gasteiger partial charge is 0.294 e. The second-order valence-corrected chi connectivity index (χ2v) is 5.52. The van der Waals surface area contributed by atoms with Gasteiger partial charge in [-0.3, -0.25) is 4.55 Å². The van der Waals surface area contributed by atoms with Gasteiger partial charge in [0, 0.05) is 4.47 Å². The Morgan fingerprint density at radius 3 is 1.94 bits per heavy atom. The molecule has 16 heavy (non-hydrogen) atoms. The molecule has 1 aromatic carbocycles. The second-order valence-electron chi connectivity index (χ2n) is 3.19. The molecule has 0 amide bonds. The summed E-state index contributed by atoms with van der Waals surface area (Å²) in [4.78, 5) is -0.0966. The largest absolute Gasteiger partial charge is 0.393 e. The fraction of sp³-hybridized carbons (Fsp3) is 0.400. The lowest BCUT2D eigenvalue weighted by Gasteiger charge is -1.94. The molecule has 0 saturated carbocycles. The summed E-state index contributed by atoms with van der Waals surface area (Å²) in [6.45, 7) is 3.73. The first-order valence-corrected chi connectivity index (χ1v) is 6.91. The van der Waals surface area contributed by atoms with E-state index in [9.17, 15) is 8.42 Å². The van der Waals surface area contributed by atoms with Gasteiger partial charge in [0.05, 0.1) is 11.0 Å². The third-order valence-electron chi connectivity index (χ3n) is 1.70. The van der Waals surface area contributed by atoms with Gasteiger partial charge >= 0.3 is 0 Å². The molecule has 0 aliphatic rings. The van der Waals surface area contributed by atoms with Gasteiger partial charge in [-0.1, -0.05) is 22.9 Å². The molecule has 1 atom stereocenters. The van der Waals surface area contributed by atoms with Crippen LogP contribution in [0.25, 0.3) is 0 Å². The molecule has 0 aromatic heterocycles. The fourth-order valence-corrected chi connectivity index (χ4v) is 1.35. The van der Waals surface area contributed by atoms with Crippen molar-refractivity contribution in [1.82, 2.24) is 0 Å². The molecule has 0 radical (unpaired) electrons. The van der Waals surface area contributed by atoms with Gasteiger partial charge in [0.1, 0.15) is 0 Å². The summed E-state index contributed by atoms with van der Waals surface area (Å²) in [5.41, 5.74) is 0. The molecule has 4 nitrogen and oxygen atoms in total. The summed E-state index contributed by atoms with van der Waals surface area (Å²) in [5.74, 6) is 0. The van der Waals surface area contributed by atoms with Crippen LogP contribution in [0.5, 0.6) is 0 Å². The first-order valence-electron chi connectivity index (χ1n) is 4.68. The molecule has 0 fully saturated rings. The number of benzene rings is 1. The van der Waals surface area contributed by atoms with E-state index in [0.29, 0.717) is 0 Å². The van der Waals surface area contributed by atoms with Crippen molar-refractivity contribution in [2.45, 2.75) is 31.3 Å². The Hall–Kier alpha value is -0.430. The maximum atomic E-state index is 10.5. The van der Waals surface area contributed by atoms with Crippen molar-refractivity contribution >= 4 is 26.0 Å². The van der Waals surface area contributed by atoms with Crippen LogP contribution in [0.2, 0.25) is 0 Å². The van der Waals surface area contributed by atoms with Crippen molar-refractivity contribution in [2.75, 3.05) is 0 Å². The zero-order valence-corrected chi connectivity index (χ0v) is 11.5. The van der Waals surface area contributed by atoms with Crippen LogP contribution in [0.3, 0.4) is 0 Å². The van der Waals surface area contributed by atoms with Crippen molar-refractivity contribution < 1.29 is 18.1 Å². The predicted octanol–water partition coefficient (Wildman–Crippen LogP) is 2.47. The van der Waals surface area contributed by atoms with Gasteiger partial charge in [-0.25, -0.2) is 0 Å². The van der Waals surface area contributed by atoms with Crippen LogP contribution in [0, 0.1) is 0 Å². The Balaban J connectivity index is 0.000000385. The Kier molecular flexibility index (Phi) is 6.82. The highest BCUT2D eigenvalue weighted by atomic mass is 79.9. The van der Waals surface area contributed by atoms with Crippen LogP contribution in [-0.2, 0) is 10.1 Å². The van der Waals surface area contributed by atoms with Crippen molar-refractivity contribution in [1.29, 1.82) is 0 Å². The van der Waals surface area contributed by atoms with E-state index in [1.54, 1.807) is 19.1 Å². The molecule has 0 unspecified atom stereocenters. The maximum Gasteiger partial charge on any atom is 0.294 e. The van der Waals surface area contributed by atoms with Crippen LogP contribution < -0.4 is 0 Å². The zero-order chi connectivity index (χ0) is 12.8. The maximum absolute atomic E-state index is 10.5. The minimum Gasteiger partial charge on any atom is -0.393 e. The number of rotatable bonds is 2. The number of hydrogen-bond acceptors (Lipinski definition) is 3. The Morgan fingerprint density at radius 2 is 1.69 bits per heavy atom. The predicted molar refractivity (Wildman–Crippen MR) is 65.9 cm³/mol. The fourth-order valence-electron chi connectivity index (χ4n) is 0.607. The van der Waals surface area contributed by atoms with Gasteiger partial charge in [-0.15, -0.1) is 0 Å². The summed E-state index contributed by atoms with van der Waals surface area (Å²) in [6.07, 6.45) is 0.745. The molecular weight excluding hydrogens is 296 g/mol. The van der Waals surface area contributed by atoms with Crippen molar-refractivity contribution in [3.8, 4) is 0 Å². The molecule has 0 saturated heterocycles. The van der Waals surface area contributed by atoms with Gasteiger partial charge in [0.2, 0.25) is 0 Å². The van der Waals surface area contributed by atoms with E-state index in [1.165, 1.54) is 12.1 Å². The summed E-state index contributed by atoms with van der Waals surface area (Å²) in [7, 11) is -4.04. The minimum absolute atomic E-state index is 0.0966. The van der Waals surface area contributed by atoms with Crippen LogP contribution in [0.4, 0.5) is 0 Å². The molecule has 6 heteroatoms. The van der Waals surface area contributed by atoms with E-state index in [4.69, 9.17) is 9.66 Å². The Labute approximate surface area is 104 Å². The summed E-state index contributed by atoms with van der Waals surface area (Å²) >= 11 is 3.14. The molecule has 0 aliphatic carbocycles. The molecule has 1 aromatic rings. The average Bonchev–Trinajstić information content (AvgIpc) is 2.18. The van der Waals surface area contributed by atoms with E-state index < -0.39 is 10.1 Å². The van der Waals surface area contributed by atoms with E-state index in [-0.39, 0.29) is 11.0 Å². The van der Waals surface area contributed by atoms with Gasteiger partial charge in [0.25, 0.3) is 10.1 Å². The van der Waals surface area contributed by atoms with Gasteiger partial charge in [-0.05, 0) is 37.6 Å². The molecule has 0 spiro atoms. The van der Waals surface area contributed by atoms with Crippen molar-refractivity contribution in [3.05, 3.63) is 28.7 Å². The van der Waals surface area contributed by atoms with Gasteiger partial charge in [-0.2, -0.15) is 8.42 Å². The molecule has 0 heterocycles. The zero-order valence-electron chi connectivity index (χ0n) is 9.09. The average molecular weight is 311 g/mol. The van der Waals surface area contributed by atoms with Crippen LogP contribution >= 0.6 is 15.9 Å². The highest BCUT2D eigenvalue weighted by molar-refractivity contribution is 9.10. The van der Waals surface area contributed by atoms with E-state index in [2.05, 4.69) is 15.9 Å². The lowest BCUT2D eigenvalue weighted by Crippen LogP contribution is -1.96. The molecule has 2 N–H and O–H groups in total. The standard InChI is InChI=1S/C6H5BrO3S.C4H10O/c7-5-1-3-6(4-2-5)11(8,9)10;1-3-4(2)5/h1-4H,(H,8,9,10);4-5H,3H2,1-2H3/t;4-/m.1/s1. The topological polar surface area (TPSA) is 74.6 Å². The minimum atomic E-state index is -4.04. The monoisotopic (exact) mass is 310 g/mol. The third-order valence-corrected chi connectivity index (χ3v) is 3.10. The normalized spacial score (nSPS) is 12.6. The van der Waals surface area contributed by atoms with Crippen molar-refractivity contribution in [3.63, 3.8) is 0 Å². The molecular formula is C10H15BrO4S. The first kappa shape index (κ1) is 15.6. The lowest BCUT2D eigenvalue weighted by molar-refractivity contribution is 0.191. The highest BCUT2D eigenvalue weighted by Crippen LogP contribution is 2.13. The molecule has 0 bridgehead atoms. The molecule has 92 valence electrons. The lowest BCUT2D eigenvalue weighted by atomic mass is 10.3. The Bertz CT molecular complexity index is 397. The number of aliphatic hydroxyl groups excluding tert-OH is 1. The summed E-state index contributed by atoms with van der Waals surface area (Å²) in [6, 6.07) is 5.73. The van der Waals surface area contributed by atoms with E-state index in [1.807, 2.05) is 6.92 Å². The van der Waals surface area contributed by atoms with E-state index in [0.717, 1.165) is 10.9 Å². The number of hydrogen-bond donors (Lipinski definition) is 2. The van der Waals surface area contributed by atoms with E-state index >= 15 is 0 Å². The number of halogens is 1. The molecule has 1 rings (SSSR count). The molecule has 0 aliphatic heterocycles. The number of aliphatic hydroxyl groups is 1. The SMILES string of the molecule is CC[C@@H](C)O.O=S(=O)(O)c1ccc(Br)cc1. The summed E-state index contributed by atoms with van der Waals surface area (Å²) < 4.78 is 30.3. The van der Waals surface area contributed by atoms with Gasteiger partial charge < -0.3 is 5.11 Å². The van der Waals surface area contributed by atoms with Crippen LogP contribution in [0.1, 0.15) is 20.3 Å².